The van der Waals surface area contributed by atoms with Gasteiger partial charge in [-0.3, -0.25) is 4.79 Å². The molecule has 0 unspecified atom stereocenters. The number of methoxy groups -OCH3 is 1. The number of fused-ring (bicyclic) bond motifs is 1. The zero-order valence-electron chi connectivity index (χ0n) is 18.5. The van der Waals surface area contributed by atoms with Gasteiger partial charge in [-0.05, 0) is 23.3 Å². The molecule has 4 aromatic carbocycles. The maximum absolute atomic E-state index is 13.7. The lowest BCUT2D eigenvalue weighted by Gasteiger charge is -2.16. The quantitative estimate of drug-likeness (QED) is 0.307. The largest absolute Gasteiger partial charge is 0.464 e. The minimum Gasteiger partial charge on any atom is -0.464 e. The van der Waals surface area contributed by atoms with Gasteiger partial charge in [-0.1, -0.05) is 91.0 Å². The van der Waals surface area contributed by atoms with Crippen molar-refractivity contribution in [1.82, 2.24) is 4.98 Å². The SMILES string of the molecule is COC(=O)c1[nH]c2c(-c3ccccc3)cccc2c(=O)c1Nc1ccccc1-c1ccccc1. The molecule has 5 nitrogen and oxygen atoms in total. The van der Waals surface area contributed by atoms with Crippen molar-refractivity contribution < 1.29 is 9.53 Å². The number of para-hydroxylation sites is 2. The van der Waals surface area contributed by atoms with Crippen molar-refractivity contribution in [3.05, 3.63) is 119 Å². The number of H-pyrrole nitrogens is 1. The van der Waals surface area contributed by atoms with Gasteiger partial charge in [0.1, 0.15) is 5.69 Å². The molecule has 0 amide bonds. The van der Waals surface area contributed by atoms with Gasteiger partial charge in [0, 0.05) is 22.2 Å². The lowest BCUT2D eigenvalue weighted by molar-refractivity contribution is 0.0595. The molecule has 34 heavy (non-hydrogen) atoms. The second kappa shape index (κ2) is 9.08. The van der Waals surface area contributed by atoms with Crippen LogP contribution in [0.3, 0.4) is 0 Å². The molecule has 0 bridgehead atoms. The average Bonchev–Trinajstić information content (AvgIpc) is 2.90. The number of hydrogen-bond acceptors (Lipinski definition) is 4. The predicted octanol–water partition coefficient (Wildman–Crippen LogP) is 6.39. The van der Waals surface area contributed by atoms with E-state index in [0.29, 0.717) is 16.6 Å². The summed E-state index contributed by atoms with van der Waals surface area (Å²) in [5, 5.41) is 3.71. The van der Waals surface area contributed by atoms with E-state index < -0.39 is 5.97 Å². The van der Waals surface area contributed by atoms with Gasteiger partial charge in [0.2, 0.25) is 5.43 Å². The Bertz CT molecular complexity index is 1540. The van der Waals surface area contributed by atoms with Gasteiger partial charge in [-0.25, -0.2) is 4.79 Å². The highest BCUT2D eigenvalue weighted by Crippen LogP contribution is 2.32. The summed E-state index contributed by atoms with van der Waals surface area (Å²) in [4.78, 5) is 29.7. The van der Waals surface area contributed by atoms with Crippen LogP contribution < -0.4 is 10.7 Å². The van der Waals surface area contributed by atoms with Gasteiger partial charge in [-0.2, -0.15) is 0 Å². The van der Waals surface area contributed by atoms with E-state index in [1.807, 2.05) is 97.1 Å². The molecular weight excluding hydrogens is 424 g/mol. The van der Waals surface area contributed by atoms with Crippen molar-refractivity contribution >= 4 is 28.2 Å². The first kappa shape index (κ1) is 21.2. The molecule has 5 aromatic rings. The molecule has 0 saturated heterocycles. The van der Waals surface area contributed by atoms with Gasteiger partial charge in [0.05, 0.1) is 12.6 Å². The molecule has 2 N–H and O–H groups in total. The number of aromatic nitrogens is 1. The number of anilines is 2. The molecular formula is C29H22N2O3. The predicted molar refractivity (Wildman–Crippen MR) is 137 cm³/mol. The number of carbonyl (C=O) groups is 1. The van der Waals surface area contributed by atoms with Crippen molar-refractivity contribution in [3.8, 4) is 22.3 Å². The van der Waals surface area contributed by atoms with Crippen LogP contribution in [-0.4, -0.2) is 18.1 Å². The fraction of sp³-hybridized carbons (Fsp3) is 0.0345. The molecule has 0 aliphatic heterocycles. The Balaban J connectivity index is 1.72. The Kier molecular flexibility index (Phi) is 5.67. The molecule has 0 aliphatic rings. The number of ether oxygens (including phenoxy) is 1. The number of nitrogens with one attached hydrogen (secondary N) is 2. The minimum absolute atomic E-state index is 0.0752. The van der Waals surface area contributed by atoms with E-state index in [1.54, 1.807) is 6.07 Å². The van der Waals surface area contributed by atoms with Crippen LogP contribution >= 0.6 is 0 Å². The highest BCUT2D eigenvalue weighted by molar-refractivity contribution is 6.02. The average molecular weight is 447 g/mol. The molecule has 0 spiro atoms. The topological polar surface area (TPSA) is 71.2 Å². The molecule has 5 rings (SSSR count). The third-order valence-electron chi connectivity index (χ3n) is 5.78. The summed E-state index contributed by atoms with van der Waals surface area (Å²) in [6, 6.07) is 32.8. The highest BCUT2D eigenvalue weighted by Gasteiger charge is 2.21. The molecule has 5 heteroatoms. The highest BCUT2D eigenvalue weighted by atomic mass is 16.5. The zero-order valence-corrected chi connectivity index (χ0v) is 18.5. The standard InChI is InChI=1S/C29H22N2O3/c1-34-29(33)27-26(30-24-18-9-8-15-21(24)19-11-4-2-5-12-19)28(32)23-17-10-16-22(25(23)31-27)20-13-6-3-7-14-20/h2-18,30H,1H3,(H,31,32). The smallest absolute Gasteiger partial charge is 0.356 e. The normalized spacial score (nSPS) is 10.7. The molecule has 0 saturated carbocycles. The molecule has 166 valence electrons. The van der Waals surface area contributed by atoms with Gasteiger partial charge in [0.15, 0.2) is 5.69 Å². The molecule has 0 aliphatic carbocycles. The summed E-state index contributed by atoms with van der Waals surface area (Å²) < 4.78 is 5.03. The fourth-order valence-corrected chi connectivity index (χ4v) is 4.14. The van der Waals surface area contributed by atoms with E-state index in [1.165, 1.54) is 7.11 Å². The first-order chi connectivity index (χ1) is 16.7. The third kappa shape index (κ3) is 3.84. The van der Waals surface area contributed by atoms with Crippen LogP contribution in [-0.2, 0) is 4.74 Å². The number of rotatable bonds is 5. The molecule has 0 fully saturated rings. The third-order valence-corrected chi connectivity index (χ3v) is 5.78. The Morgan fingerprint density at radius 3 is 2.00 bits per heavy atom. The van der Waals surface area contributed by atoms with Gasteiger partial charge in [-0.15, -0.1) is 0 Å². The number of aromatic amines is 1. The van der Waals surface area contributed by atoms with Crippen LogP contribution in [0.15, 0.2) is 108 Å². The van der Waals surface area contributed by atoms with Crippen LogP contribution in [0, 0.1) is 0 Å². The monoisotopic (exact) mass is 446 g/mol. The van der Waals surface area contributed by atoms with E-state index >= 15 is 0 Å². The number of hydrogen-bond donors (Lipinski definition) is 2. The number of benzene rings is 4. The summed E-state index contributed by atoms with van der Waals surface area (Å²) in [6.45, 7) is 0. The maximum atomic E-state index is 13.7. The first-order valence-electron chi connectivity index (χ1n) is 10.9. The Morgan fingerprint density at radius 1 is 0.735 bits per heavy atom. The van der Waals surface area contributed by atoms with Crippen LogP contribution in [0.4, 0.5) is 11.4 Å². The fourth-order valence-electron chi connectivity index (χ4n) is 4.14. The molecule has 1 heterocycles. The second-order valence-corrected chi connectivity index (χ2v) is 7.83. The van der Waals surface area contributed by atoms with Crippen molar-refractivity contribution in [2.75, 3.05) is 12.4 Å². The minimum atomic E-state index is -0.624. The van der Waals surface area contributed by atoms with Crippen molar-refractivity contribution in [1.29, 1.82) is 0 Å². The van der Waals surface area contributed by atoms with Crippen molar-refractivity contribution in [3.63, 3.8) is 0 Å². The summed E-state index contributed by atoms with van der Waals surface area (Å²) >= 11 is 0. The van der Waals surface area contributed by atoms with Crippen LogP contribution in [0.25, 0.3) is 33.2 Å². The van der Waals surface area contributed by atoms with Crippen LogP contribution in [0.2, 0.25) is 0 Å². The van der Waals surface area contributed by atoms with E-state index in [9.17, 15) is 9.59 Å². The Hall–Kier alpha value is -4.64. The van der Waals surface area contributed by atoms with E-state index in [-0.39, 0.29) is 16.8 Å². The molecule has 0 atom stereocenters. The number of pyridine rings is 1. The van der Waals surface area contributed by atoms with Gasteiger partial charge >= 0.3 is 5.97 Å². The Morgan fingerprint density at radius 2 is 1.32 bits per heavy atom. The lowest BCUT2D eigenvalue weighted by Crippen LogP contribution is -2.18. The summed E-state index contributed by atoms with van der Waals surface area (Å²) in [6.07, 6.45) is 0. The molecule has 1 aromatic heterocycles. The second-order valence-electron chi connectivity index (χ2n) is 7.83. The maximum Gasteiger partial charge on any atom is 0.356 e. The van der Waals surface area contributed by atoms with E-state index in [2.05, 4.69) is 10.3 Å². The zero-order chi connectivity index (χ0) is 23.5. The van der Waals surface area contributed by atoms with E-state index in [4.69, 9.17) is 4.74 Å². The molecule has 0 radical (unpaired) electrons. The van der Waals surface area contributed by atoms with Crippen molar-refractivity contribution in [2.24, 2.45) is 0 Å². The van der Waals surface area contributed by atoms with Crippen LogP contribution in [0.1, 0.15) is 10.5 Å². The van der Waals surface area contributed by atoms with Gasteiger partial charge in [0.25, 0.3) is 0 Å². The van der Waals surface area contributed by atoms with Gasteiger partial charge < -0.3 is 15.0 Å². The van der Waals surface area contributed by atoms with Crippen LogP contribution in [0.5, 0.6) is 0 Å². The number of esters is 1. The Labute approximate surface area is 196 Å². The van der Waals surface area contributed by atoms with Crippen molar-refractivity contribution in [2.45, 2.75) is 0 Å². The summed E-state index contributed by atoms with van der Waals surface area (Å²) in [5.74, 6) is -0.624. The number of carbonyl (C=O) groups excluding carboxylic acids is 1. The van der Waals surface area contributed by atoms with E-state index in [0.717, 1.165) is 22.3 Å². The summed E-state index contributed by atoms with van der Waals surface area (Å²) in [7, 11) is 1.30. The summed E-state index contributed by atoms with van der Waals surface area (Å²) in [5.41, 5.74) is 4.91. The lowest BCUT2D eigenvalue weighted by atomic mass is 10.0. The first-order valence-corrected chi connectivity index (χ1v) is 10.9.